The molecule has 0 aliphatic heterocycles. The van der Waals surface area contributed by atoms with Crippen molar-refractivity contribution in [1.82, 2.24) is 15.5 Å². The van der Waals surface area contributed by atoms with Crippen molar-refractivity contribution in [2.24, 2.45) is 0 Å². The van der Waals surface area contributed by atoms with Gasteiger partial charge in [-0.3, -0.25) is 0 Å². The Hall–Kier alpha value is -1.46. The molecule has 0 radical (unpaired) electrons. The van der Waals surface area contributed by atoms with Gasteiger partial charge in [0.15, 0.2) is 5.82 Å². The highest BCUT2D eigenvalue weighted by Crippen LogP contribution is 2.12. The molecule has 0 saturated heterocycles. The average Bonchev–Trinajstić information content (AvgIpc) is 2.97. The third kappa shape index (κ3) is 3.51. The second-order valence-electron chi connectivity index (χ2n) is 3.79. The van der Waals surface area contributed by atoms with Gasteiger partial charge < -0.3 is 9.84 Å². The molecule has 2 rings (SSSR count). The van der Waals surface area contributed by atoms with E-state index in [1.54, 1.807) is 11.3 Å². The minimum absolute atomic E-state index is 0.349. The molecule has 17 heavy (non-hydrogen) atoms. The quantitative estimate of drug-likeness (QED) is 0.884. The summed E-state index contributed by atoms with van der Waals surface area (Å²) in [7, 11) is 1.92. The van der Waals surface area contributed by atoms with Gasteiger partial charge in [0.2, 0.25) is 0 Å². The van der Waals surface area contributed by atoms with Gasteiger partial charge in [-0.25, -0.2) is 0 Å². The number of nitrogens with zero attached hydrogens (tertiary/aromatic N) is 2. The molecule has 5 heteroatoms. The summed E-state index contributed by atoms with van der Waals surface area (Å²) in [6.07, 6.45) is 4.59. The molecule has 2 aromatic rings. The molecule has 1 N–H and O–H groups in total. The first-order valence-corrected chi connectivity index (χ1v) is 6.37. The van der Waals surface area contributed by atoms with Gasteiger partial charge in [-0.15, -0.1) is 11.3 Å². The van der Waals surface area contributed by atoms with Crippen molar-refractivity contribution in [2.45, 2.75) is 19.4 Å². The van der Waals surface area contributed by atoms with Crippen molar-refractivity contribution < 1.29 is 4.52 Å². The fraction of sp³-hybridized carbons (Fsp3) is 0.333. The van der Waals surface area contributed by atoms with Crippen molar-refractivity contribution in [1.29, 1.82) is 0 Å². The van der Waals surface area contributed by atoms with Crippen LogP contribution in [0.5, 0.6) is 0 Å². The molecule has 0 spiro atoms. The summed E-state index contributed by atoms with van der Waals surface area (Å²) in [5, 5.41) is 9.10. The number of hydrogen-bond donors (Lipinski definition) is 1. The average molecular weight is 249 g/mol. The fourth-order valence-corrected chi connectivity index (χ4v) is 1.95. The first-order chi connectivity index (χ1) is 8.28. The van der Waals surface area contributed by atoms with Gasteiger partial charge in [-0.1, -0.05) is 11.2 Å². The molecule has 0 bridgehead atoms. The van der Waals surface area contributed by atoms with Crippen molar-refractivity contribution in [3.8, 4) is 0 Å². The monoisotopic (exact) mass is 249 g/mol. The van der Waals surface area contributed by atoms with Crippen LogP contribution in [0.2, 0.25) is 0 Å². The van der Waals surface area contributed by atoms with E-state index in [9.17, 15) is 0 Å². The lowest BCUT2D eigenvalue weighted by Crippen LogP contribution is -2.24. The minimum Gasteiger partial charge on any atom is -0.335 e. The largest absolute Gasteiger partial charge is 0.335 e. The molecular weight excluding hydrogens is 234 g/mol. The van der Waals surface area contributed by atoms with Crippen LogP contribution in [0.15, 0.2) is 22.0 Å². The fourth-order valence-electron chi connectivity index (χ4n) is 1.33. The Morgan fingerprint density at radius 3 is 3.12 bits per heavy atom. The molecule has 1 atom stereocenters. The lowest BCUT2D eigenvalue weighted by atomic mass is 10.2. The van der Waals surface area contributed by atoms with Crippen LogP contribution in [-0.2, 0) is 6.42 Å². The molecule has 2 aromatic heterocycles. The number of rotatable bonds is 5. The second kappa shape index (κ2) is 5.75. The van der Waals surface area contributed by atoms with Crippen molar-refractivity contribution in [3.63, 3.8) is 0 Å². The molecule has 0 aliphatic rings. The SMILES string of the molecule is CNC(C)Cc1noc(/C=C/c2cccs2)n1. The van der Waals surface area contributed by atoms with Gasteiger partial charge in [-0.05, 0) is 31.5 Å². The Balaban J connectivity index is 1.99. The molecule has 0 fully saturated rings. The smallest absolute Gasteiger partial charge is 0.250 e. The van der Waals surface area contributed by atoms with E-state index in [0.29, 0.717) is 11.9 Å². The lowest BCUT2D eigenvalue weighted by Gasteiger charge is -2.04. The first-order valence-electron chi connectivity index (χ1n) is 5.49. The standard InChI is InChI=1S/C12H15N3OS/c1-9(13-2)8-11-14-12(16-15-11)6-5-10-4-3-7-17-10/h3-7,9,13H,8H2,1-2H3/b6-5+. The minimum atomic E-state index is 0.349. The Labute approximate surface area is 104 Å². The van der Waals surface area contributed by atoms with Crippen LogP contribution in [0.1, 0.15) is 23.5 Å². The van der Waals surface area contributed by atoms with E-state index in [1.807, 2.05) is 36.7 Å². The van der Waals surface area contributed by atoms with Crippen LogP contribution in [-0.4, -0.2) is 23.2 Å². The maximum absolute atomic E-state index is 5.14. The van der Waals surface area contributed by atoms with Crippen LogP contribution in [0.25, 0.3) is 12.2 Å². The summed E-state index contributed by atoms with van der Waals surface area (Å²) >= 11 is 1.68. The van der Waals surface area contributed by atoms with E-state index in [0.717, 1.165) is 12.2 Å². The van der Waals surface area contributed by atoms with Gasteiger partial charge >= 0.3 is 0 Å². The van der Waals surface area contributed by atoms with Crippen molar-refractivity contribution in [3.05, 3.63) is 34.1 Å². The lowest BCUT2D eigenvalue weighted by molar-refractivity contribution is 0.400. The molecule has 0 aliphatic carbocycles. The summed E-state index contributed by atoms with van der Waals surface area (Å²) < 4.78 is 5.14. The molecule has 90 valence electrons. The third-order valence-corrected chi connectivity index (χ3v) is 3.24. The van der Waals surface area contributed by atoms with Crippen LogP contribution in [0, 0.1) is 0 Å². The van der Waals surface area contributed by atoms with E-state index < -0.39 is 0 Å². The normalized spacial score (nSPS) is 13.3. The molecule has 2 heterocycles. The maximum Gasteiger partial charge on any atom is 0.250 e. The number of likely N-dealkylation sites (N-methyl/N-ethyl adjacent to an activating group) is 1. The highest BCUT2D eigenvalue weighted by molar-refractivity contribution is 7.10. The number of aromatic nitrogens is 2. The predicted octanol–water partition coefficient (Wildman–Crippen LogP) is 2.45. The topological polar surface area (TPSA) is 51.0 Å². The summed E-state index contributed by atoms with van der Waals surface area (Å²) in [5.41, 5.74) is 0. The number of hydrogen-bond acceptors (Lipinski definition) is 5. The molecule has 1 unspecified atom stereocenters. The summed E-state index contributed by atoms with van der Waals surface area (Å²) in [4.78, 5) is 5.47. The molecule has 0 aromatic carbocycles. The molecule has 0 amide bonds. The molecule has 0 saturated carbocycles. The van der Waals surface area contributed by atoms with E-state index in [-0.39, 0.29) is 0 Å². The van der Waals surface area contributed by atoms with E-state index in [1.165, 1.54) is 4.88 Å². The highest BCUT2D eigenvalue weighted by atomic mass is 32.1. The van der Waals surface area contributed by atoms with E-state index in [4.69, 9.17) is 4.52 Å². The second-order valence-corrected chi connectivity index (χ2v) is 4.77. The Kier molecular flexibility index (Phi) is 4.06. The van der Waals surface area contributed by atoms with Crippen LogP contribution < -0.4 is 5.32 Å². The zero-order valence-corrected chi connectivity index (χ0v) is 10.7. The first kappa shape index (κ1) is 12.0. The Morgan fingerprint density at radius 2 is 2.41 bits per heavy atom. The number of nitrogens with one attached hydrogen (secondary N) is 1. The zero-order chi connectivity index (χ0) is 12.1. The van der Waals surface area contributed by atoms with Gasteiger partial charge in [0.1, 0.15) is 0 Å². The zero-order valence-electron chi connectivity index (χ0n) is 9.88. The van der Waals surface area contributed by atoms with Crippen LogP contribution in [0.4, 0.5) is 0 Å². The van der Waals surface area contributed by atoms with E-state index >= 15 is 0 Å². The van der Waals surface area contributed by atoms with Crippen molar-refractivity contribution in [2.75, 3.05) is 7.05 Å². The van der Waals surface area contributed by atoms with Gasteiger partial charge in [-0.2, -0.15) is 4.98 Å². The van der Waals surface area contributed by atoms with Gasteiger partial charge in [0, 0.05) is 23.4 Å². The Bertz CT molecular complexity index is 476. The van der Waals surface area contributed by atoms with Crippen LogP contribution >= 0.6 is 11.3 Å². The Morgan fingerprint density at radius 1 is 1.53 bits per heavy atom. The van der Waals surface area contributed by atoms with Crippen molar-refractivity contribution >= 4 is 23.5 Å². The molecule has 4 nitrogen and oxygen atoms in total. The predicted molar refractivity (Wildman–Crippen MR) is 69.8 cm³/mol. The van der Waals surface area contributed by atoms with Crippen LogP contribution in [0.3, 0.4) is 0 Å². The summed E-state index contributed by atoms with van der Waals surface area (Å²) in [6, 6.07) is 4.40. The van der Waals surface area contributed by atoms with Gasteiger partial charge in [0.25, 0.3) is 5.89 Å². The van der Waals surface area contributed by atoms with Gasteiger partial charge in [0.05, 0.1) is 0 Å². The molecular formula is C12H15N3OS. The summed E-state index contributed by atoms with van der Waals surface area (Å²) in [5.74, 6) is 1.29. The highest BCUT2D eigenvalue weighted by Gasteiger charge is 2.07. The third-order valence-electron chi connectivity index (χ3n) is 2.40. The summed E-state index contributed by atoms with van der Waals surface area (Å²) in [6.45, 7) is 2.08. The number of thiophene rings is 1. The maximum atomic E-state index is 5.14. The van der Waals surface area contributed by atoms with E-state index in [2.05, 4.69) is 22.4 Å².